The molecule has 2 rings (SSSR count). The van der Waals surface area contributed by atoms with Crippen molar-refractivity contribution < 1.29 is 9.84 Å². The number of nitrogens with two attached hydrogens (primary N) is 1. The Morgan fingerprint density at radius 3 is 2.55 bits per heavy atom. The summed E-state index contributed by atoms with van der Waals surface area (Å²) in [5.41, 5.74) is 7.26. The summed E-state index contributed by atoms with van der Waals surface area (Å²) in [6.07, 6.45) is 2.20. The van der Waals surface area contributed by atoms with E-state index in [1.54, 1.807) is 0 Å². The van der Waals surface area contributed by atoms with Crippen molar-refractivity contribution in [2.45, 2.75) is 45.3 Å². The van der Waals surface area contributed by atoms with E-state index in [1.165, 1.54) is 0 Å². The highest BCUT2D eigenvalue weighted by Crippen LogP contribution is 2.34. The second-order valence-electron chi connectivity index (χ2n) is 5.37. The Balaban J connectivity index is 0.00000242. The van der Waals surface area contributed by atoms with Gasteiger partial charge < -0.3 is 15.6 Å². The van der Waals surface area contributed by atoms with Gasteiger partial charge >= 0.3 is 0 Å². The zero-order valence-corrected chi connectivity index (χ0v) is 14.1. The Morgan fingerprint density at radius 2 is 1.86 bits per heavy atom. The van der Waals surface area contributed by atoms with Gasteiger partial charge in [0.25, 0.3) is 0 Å². The van der Waals surface area contributed by atoms with E-state index in [9.17, 15) is 5.11 Å². The summed E-state index contributed by atoms with van der Waals surface area (Å²) in [6, 6.07) is 11.7. The highest BCUT2D eigenvalue weighted by molar-refractivity contribution is 5.88. The summed E-state index contributed by atoms with van der Waals surface area (Å²) >= 11 is 0. The maximum atomic E-state index is 10.4. The predicted octanol–water partition coefficient (Wildman–Crippen LogP) is 4.21. The maximum Gasteiger partial charge on any atom is 0.124 e. The van der Waals surface area contributed by atoms with Crippen molar-refractivity contribution in [2.75, 3.05) is 6.61 Å². The topological polar surface area (TPSA) is 55.5 Å². The molecule has 22 heavy (non-hydrogen) atoms. The number of fused-ring (bicyclic) bond motifs is 1. The average molecular weight is 324 g/mol. The Bertz CT molecular complexity index is 588. The zero-order valence-electron chi connectivity index (χ0n) is 13.3. The average Bonchev–Trinajstić information content (AvgIpc) is 2.52. The van der Waals surface area contributed by atoms with Gasteiger partial charge in [-0.25, -0.2) is 0 Å². The van der Waals surface area contributed by atoms with Gasteiger partial charge in [0.15, 0.2) is 0 Å². The lowest BCUT2D eigenvalue weighted by Gasteiger charge is -2.23. The van der Waals surface area contributed by atoms with Crippen LogP contribution in [0.1, 0.15) is 44.7 Å². The van der Waals surface area contributed by atoms with Gasteiger partial charge in [0.1, 0.15) is 5.75 Å². The monoisotopic (exact) mass is 323 g/mol. The predicted molar refractivity (Wildman–Crippen MR) is 94.8 cm³/mol. The van der Waals surface area contributed by atoms with Crippen LogP contribution in [0.4, 0.5) is 0 Å². The van der Waals surface area contributed by atoms with Gasteiger partial charge in [-0.2, -0.15) is 0 Å². The minimum atomic E-state index is -0.546. The van der Waals surface area contributed by atoms with Crippen LogP contribution in [0, 0.1) is 0 Å². The first-order valence-electron chi connectivity index (χ1n) is 7.77. The number of aliphatic hydroxyl groups excluding tert-OH is 1. The normalized spacial score (nSPS) is 13.5. The van der Waals surface area contributed by atoms with Gasteiger partial charge in [-0.3, -0.25) is 0 Å². The molecule has 0 amide bonds. The van der Waals surface area contributed by atoms with Crippen molar-refractivity contribution in [3.05, 3.63) is 42.0 Å². The molecule has 2 atom stereocenters. The van der Waals surface area contributed by atoms with Crippen molar-refractivity contribution in [3.8, 4) is 5.75 Å². The number of aliphatic hydroxyl groups is 1. The van der Waals surface area contributed by atoms with E-state index in [1.807, 2.05) is 37.3 Å². The molecule has 3 nitrogen and oxygen atoms in total. The number of benzene rings is 2. The largest absolute Gasteiger partial charge is 0.494 e. The van der Waals surface area contributed by atoms with Crippen molar-refractivity contribution in [3.63, 3.8) is 0 Å². The highest BCUT2D eigenvalue weighted by atomic mass is 35.5. The molecule has 0 aliphatic carbocycles. The summed E-state index contributed by atoms with van der Waals surface area (Å²) < 4.78 is 5.73. The SMILES string of the molecule is CCCC[C@@H](O)[C@@H](N)c1c(OCC)ccc2ccccc12.Cl. The third-order valence-corrected chi connectivity index (χ3v) is 3.83. The van der Waals surface area contributed by atoms with Gasteiger partial charge in [-0.1, -0.05) is 50.1 Å². The fourth-order valence-electron chi connectivity index (χ4n) is 2.69. The van der Waals surface area contributed by atoms with Crippen LogP contribution in [0.3, 0.4) is 0 Å². The number of halogens is 1. The second kappa shape index (κ2) is 8.99. The molecule has 0 aliphatic heterocycles. The summed E-state index contributed by atoms with van der Waals surface area (Å²) in [6.45, 7) is 4.66. The molecule has 122 valence electrons. The van der Waals surface area contributed by atoms with Crippen LogP contribution in [-0.2, 0) is 0 Å². The third kappa shape index (κ3) is 4.13. The Kier molecular flexibility index (Phi) is 7.66. The Morgan fingerprint density at radius 1 is 1.14 bits per heavy atom. The first-order valence-corrected chi connectivity index (χ1v) is 7.77. The fraction of sp³-hybridized carbons (Fsp3) is 0.444. The standard InChI is InChI=1S/C18H25NO2.ClH/c1-3-5-10-15(20)18(19)17-14-9-7-6-8-13(14)11-12-16(17)21-4-2;/h6-9,11-12,15,18,20H,3-5,10,19H2,1-2H3;1H/t15-,18-;/m1./s1. The van der Waals surface area contributed by atoms with Crippen LogP contribution in [0.15, 0.2) is 36.4 Å². The lowest BCUT2D eigenvalue weighted by atomic mass is 9.93. The van der Waals surface area contributed by atoms with E-state index in [2.05, 4.69) is 13.0 Å². The van der Waals surface area contributed by atoms with Crippen molar-refractivity contribution in [1.29, 1.82) is 0 Å². The molecule has 0 saturated carbocycles. The molecule has 0 aromatic heterocycles. The van der Waals surface area contributed by atoms with Gasteiger partial charge in [0.05, 0.1) is 18.8 Å². The minimum Gasteiger partial charge on any atom is -0.494 e. The van der Waals surface area contributed by atoms with Crippen LogP contribution in [0.2, 0.25) is 0 Å². The Labute approximate surface area is 138 Å². The number of hydrogen-bond donors (Lipinski definition) is 2. The van der Waals surface area contributed by atoms with Crippen LogP contribution in [0.5, 0.6) is 5.75 Å². The molecule has 2 aromatic rings. The van der Waals surface area contributed by atoms with Gasteiger partial charge in [0.2, 0.25) is 0 Å². The molecule has 0 spiro atoms. The molecule has 3 N–H and O–H groups in total. The van der Waals surface area contributed by atoms with Crippen LogP contribution in [-0.4, -0.2) is 17.8 Å². The van der Waals surface area contributed by atoms with Crippen molar-refractivity contribution >= 4 is 23.2 Å². The van der Waals surface area contributed by atoms with E-state index in [0.717, 1.165) is 34.9 Å². The maximum absolute atomic E-state index is 10.4. The number of rotatable bonds is 7. The van der Waals surface area contributed by atoms with Gasteiger partial charge in [-0.15, -0.1) is 12.4 Å². The van der Waals surface area contributed by atoms with E-state index >= 15 is 0 Å². The van der Waals surface area contributed by atoms with Gasteiger partial charge in [-0.05, 0) is 30.2 Å². The second-order valence-corrected chi connectivity index (χ2v) is 5.37. The highest BCUT2D eigenvalue weighted by Gasteiger charge is 2.22. The molecule has 0 radical (unpaired) electrons. The molecule has 0 aliphatic rings. The molecule has 0 bridgehead atoms. The molecular formula is C18H26ClNO2. The van der Waals surface area contributed by atoms with E-state index in [0.29, 0.717) is 13.0 Å². The first-order chi connectivity index (χ1) is 10.2. The lowest BCUT2D eigenvalue weighted by molar-refractivity contribution is 0.131. The van der Waals surface area contributed by atoms with E-state index in [-0.39, 0.29) is 12.4 Å². The fourth-order valence-corrected chi connectivity index (χ4v) is 2.69. The smallest absolute Gasteiger partial charge is 0.124 e. The lowest BCUT2D eigenvalue weighted by Crippen LogP contribution is -2.27. The first kappa shape index (κ1) is 18.8. The molecule has 2 aromatic carbocycles. The van der Waals surface area contributed by atoms with Crippen LogP contribution >= 0.6 is 12.4 Å². The molecule has 0 saturated heterocycles. The van der Waals surface area contributed by atoms with Crippen LogP contribution < -0.4 is 10.5 Å². The molecular weight excluding hydrogens is 298 g/mol. The quantitative estimate of drug-likeness (QED) is 0.802. The number of unbranched alkanes of at least 4 members (excludes halogenated alkanes) is 1. The molecule has 0 fully saturated rings. The summed E-state index contributed by atoms with van der Waals surface area (Å²) in [5, 5.41) is 12.6. The van der Waals surface area contributed by atoms with E-state index in [4.69, 9.17) is 10.5 Å². The van der Waals surface area contributed by atoms with Crippen LogP contribution in [0.25, 0.3) is 10.8 Å². The van der Waals surface area contributed by atoms with E-state index < -0.39 is 12.1 Å². The summed E-state index contributed by atoms with van der Waals surface area (Å²) in [4.78, 5) is 0. The van der Waals surface area contributed by atoms with Crippen molar-refractivity contribution in [2.24, 2.45) is 5.73 Å². The number of hydrogen-bond acceptors (Lipinski definition) is 3. The molecule has 4 heteroatoms. The number of ether oxygens (including phenoxy) is 1. The van der Waals surface area contributed by atoms with Crippen molar-refractivity contribution in [1.82, 2.24) is 0 Å². The molecule has 0 heterocycles. The van der Waals surface area contributed by atoms with Gasteiger partial charge in [0, 0.05) is 5.56 Å². The zero-order chi connectivity index (χ0) is 15.2. The minimum absolute atomic E-state index is 0. The Hall–Kier alpha value is -1.29. The molecule has 0 unspecified atom stereocenters. The summed E-state index contributed by atoms with van der Waals surface area (Å²) in [7, 11) is 0. The third-order valence-electron chi connectivity index (χ3n) is 3.83. The summed E-state index contributed by atoms with van der Waals surface area (Å²) in [5.74, 6) is 0.777.